The molecular formula is C8H18N2O4S. The molecule has 1 fully saturated rings. The fourth-order valence-corrected chi connectivity index (χ4v) is 2.22. The van der Waals surface area contributed by atoms with Crippen molar-refractivity contribution in [3.05, 3.63) is 0 Å². The molecule has 1 saturated heterocycles. The highest BCUT2D eigenvalue weighted by Crippen LogP contribution is 2.17. The van der Waals surface area contributed by atoms with Crippen LogP contribution in [0.15, 0.2) is 0 Å². The van der Waals surface area contributed by atoms with Gasteiger partial charge in [0.1, 0.15) is 0 Å². The molecule has 7 heteroatoms. The van der Waals surface area contributed by atoms with Crippen molar-refractivity contribution in [1.29, 1.82) is 0 Å². The first-order valence-corrected chi connectivity index (χ1v) is 6.48. The van der Waals surface area contributed by atoms with Crippen LogP contribution in [0, 0.1) is 0 Å². The van der Waals surface area contributed by atoms with E-state index in [1.54, 1.807) is 0 Å². The third-order valence-corrected chi connectivity index (χ3v) is 2.84. The van der Waals surface area contributed by atoms with Crippen molar-refractivity contribution in [1.82, 2.24) is 9.80 Å². The highest BCUT2D eigenvalue weighted by molar-refractivity contribution is 7.80. The average molecular weight is 238 g/mol. The second kappa shape index (κ2) is 5.22. The molecule has 1 unspecified atom stereocenters. The second-order valence-corrected chi connectivity index (χ2v) is 4.56. The Balaban J connectivity index is 2.68. The molecule has 0 aromatic carbocycles. The predicted octanol–water partition coefficient (Wildman–Crippen LogP) is 0.137. The fraction of sp³-hybridized carbons (Fsp3) is 1.00. The predicted molar refractivity (Wildman–Crippen MR) is 55.5 cm³/mol. The number of nitrogens with zero attached hydrogens (tertiary/aromatic N) is 2. The Bertz CT molecular complexity index is 293. The van der Waals surface area contributed by atoms with Gasteiger partial charge >= 0.3 is 10.4 Å². The van der Waals surface area contributed by atoms with Gasteiger partial charge in [0.05, 0.1) is 0 Å². The van der Waals surface area contributed by atoms with E-state index in [0.717, 1.165) is 26.1 Å². The zero-order valence-corrected chi connectivity index (χ0v) is 9.90. The van der Waals surface area contributed by atoms with Crippen LogP contribution >= 0.6 is 0 Å². The van der Waals surface area contributed by atoms with E-state index in [2.05, 4.69) is 4.18 Å². The summed E-state index contributed by atoms with van der Waals surface area (Å²) in [6.07, 6.45) is 0.271. The summed E-state index contributed by atoms with van der Waals surface area (Å²) in [6.45, 7) is 6.92. The summed E-state index contributed by atoms with van der Waals surface area (Å²) < 4.78 is 34.7. The van der Waals surface area contributed by atoms with Crippen molar-refractivity contribution in [3.8, 4) is 0 Å². The first-order chi connectivity index (χ1) is 6.98. The van der Waals surface area contributed by atoms with Crippen molar-refractivity contribution < 1.29 is 17.2 Å². The Hall–Kier alpha value is -0.210. The minimum absolute atomic E-state index is 0.648. The van der Waals surface area contributed by atoms with Crippen molar-refractivity contribution in [2.75, 3.05) is 26.2 Å². The topological polar surface area (TPSA) is 70.1 Å². The standard InChI is InChI=1S/C8H18N2O4S/c1-3-5-10-7-6-9(4-2)8(10)14-15(11,12)13/h8H,3-7H2,1-2H3,(H,11,12,13). The third-order valence-electron chi connectivity index (χ3n) is 2.42. The summed E-state index contributed by atoms with van der Waals surface area (Å²) >= 11 is 0. The smallest absolute Gasteiger partial charge is 0.263 e. The second-order valence-electron chi connectivity index (χ2n) is 3.51. The van der Waals surface area contributed by atoms with Gasteiger partial charge in [-0.05, 0) is 13.0 Å². The Morgan fingerprint density at radius 2 is 1.93 bits per heavy atom. The highest BCUT2D eigenvalue weighted by Gasteiger charge is 2.34. The highest BCUT2D eigenvalue weighted by atomic mass is 32.3. The van der Waals surface area contributed by atoms with E-state index in [1.165, 1.54) is 0 Å². The van der Waals surface area contributed by atoms with Crippen LogP contribution in [0.25, 0.3) is 0 Å². The molecule has 1 atom stereocenters. The van der Waals surface area contributed by atoms with Gasteiger partial charge in [0.15, 0.2) is 6.35 Å². The van der Waals surface area contributed by atoms with Gasteiger partial charge < -0.3 is 0 Å². The van der Waals surface area contributed by atoms with Gasteiger partial charge in [-0.1, -0.05) is 13.8 Å². The molecule has 0 saturated carbocycles. The van der Waals surface area contributed by atoms with Crippen LogP contribution in [0.4, 0.5) is 0 Å². The molecule has 15 heavy (non-hydrogen) atoms. The van der Waals surface area contributed by atoms with E-state index in [-0.39, 0.29) is 0 Å². The van der Waals surface area contributed by atoms with Gasteiger partial charge in [-0.15, -0.1) is 0 Å². The summed E-state index contributed by atoms with van der Waals surface area (Å²) in [4.78, 5) is 3.76. The Morgan fingerprint density at radius 3 is 2.40 bits per heavy atom. The normalized spacial score (nSPS) is 24.9. The number of hydrogen-bond acceptors (Lipinski definition) is 5. The quantitative estimate of drug-likeness (QED) is 0.687. The van der Waals surface area contributed by atoms with E-state index >= 15 is 0 Å². The summed E-state index contributed by atoms with van der Waals surface area (Å²) in [5, 5.41) is 0. The van der Waals surface area contributed by atoms with Crippen molar-refractivity contribution in [2.24, 2.45) is 0 Å². The van der Waals surface area contributed by atoms with Crippen molar-refractivity contribution in [3.63, 3.8) is 0 Å². The Morgan fingerprint density at radius 1 is 1.33 bits per heavy atom. The molecule has 1 rings (SSSR count). The zero-order valence-electron chi connectivity index (χ0n) is 9.09. The van der Waals surface area contributed by atoms with E-state index < -0.39 is 16.8 Å². The van der Waals surface area contributed by atoms with E-state index in [9.17, 15) is 8.42 Å². The molecule has 6 nitrogen and oxygen atoms in total. The van der Waals surface area contributed by atoms with Crippen LogP contribution in [0.2, 0.25) is 0 Å². The number of rotatable bonds is 5. The van der Waals surface area contributed by atoms with Gasteiger partial charge in [0.25, 0.3) is 0 Å². The number of likely N-dealkylation sites (N-methyl/N-ethyl adjacent to an activating group) is 1. The zero-order chi connectivity index (χ0) is 11.5. The van der Waals surface area contributed by atoms with E-state index in [4.69, 9.17) is 4.55 Å². The lowest BCUT2D eigenvalue weighted by Crippen LogP contribution is -2.42. The lowest BCUT2D eigenvalue weighted by molar-refractivity contribution is -0.0354. The maximum Gasteiger partial charge on any atom is 0.400 e. The van der Waals surface area contributed by atoms with Crippen LogP contribution in [0.3, 0.4) is 0 Å². The first-order valence-electron chi connectivity index (χ1n) is 5.11. The van der Waals surface area contributed by atoms with E-state index in [1.807, 2.05) is 23.6 Å². The van der Waals surface area contributed by atoms with Crippen LogP contribution in [0.1, 0.15) is 20.3 Å². The van der Waals surface area contributed by atoms with E-state index in [0.29, 0.717) is 6.54 Å². The Labute approximate surface area is 90.8 Å². The third kappa shape index (κ3) is 3.69. The Kier molecular flexibility index (Phi) is 4.47. The van der Waals surface area contributed by atoms with Gasteiger partial charge in [-0.2, -0.15) is 8.42 Å². The van der Waals surface area contributed by atoms with Crippen LogP contribution in [0.5, 0.6) is 0 Å². The molecule has 0 aliphatic carbocycles. The molecule has 90 valence electrons. The molecule has 0 aromatic rings. The molecule has 1 N–H and O–H groups in total. The molecule has 0 spiro atoms. The maximum absolute atomic E-state index is 10.7. The molecule has 1 heterocycles. The molecule has 1 aliphatic rings. The average Bonchev–Trinajstić information content (AvgIpc) is 2.47. The summed E-state index contributed by atoms with van der Waals surface area (Å²) in [5.74, 6) is 0. The largest absolute Gasteiger partial charge is 0.400 e. The van der Waals surface area contributed by atoms with Gasteiger partial charge in [-0.25, -0.2) is 4.18 Å². The molecule has 1 aliphatic heterocycles. The maximum atomic E-state index is 10.7. The summed E-state index contributed by atoms with van der Waals surface area (Å²) in [6, 6.07) is 0. The minimum atomic E-state index is -4.39. The molecule has 0 aromatic heterocycles. The van der Waals surface area contributed by atoms with Crippen molar-refractivity contribution >= 4 is 10.4 Å². The SMILES string of the molecule is CCCN1CCN(CC)C1OS(=O)(=O)O. The lowest BCUT2D eigenvalue weighted by Gasteiger charge is -2.27. The summed E-state index contributed by atoms with van der Waals surface area (Å²) in [7, 11) is -4.39. The molecule has 0 amide bonds. The molecular weight excluding hydrogens is 220 g/mol. The molecule has 0 bridgehead atoms. The van der Waals surface area contributed by atoms with Gasteiger partial charge in [0.2, 0.25) is 0 Å². The van der Waals surface area contributed by atoms with Gasteiger partial charge in [-0.3, -0.25) is 14.4 Å². The summed E-state index contributed by atoms with van der Waals surface area (Å²) in [5.41, 5.74) is 0. The van der Waals surface area contributed by atoms with Gasteiger partial charge in [0, 0.05) is 19.6 Å². The molecule has 0 radical (unpaired) electrons. The number of hydrogen-bond donors (Lipinski definition) is 1. The fourth-order valence-electron chi connectivity index (χ4n) is 1.76. The minimum Gasteiger partial charge on any atom is -0.263 e. The van der Waals surface area contributed by atoms with Crippen LogP contribution in [-0.2, 0) is 14.6 Å². The first kappa shape index (κ1) is 12.9. The lowest BCUT2D eigenvalue weighted by atomic mass is 10.4. The monoisotopic (exact) mass is 238 g/mol. The van der Waals surface area contributed by atoms with Crippen LogP contribution in [-0.4, -0.2) is 55.3 Å². The van der Waals surface area contributed by atoms with Crippen LogP contribution < -0.4 is 0 Å². The van der Waals surface area contributed by atoms with Crippen molar-refractivity contribution in [2.45, 2.75) is 26.6 Å².